The maximum absolute atomic E-state index is 6.10. The van der Waals surface area contributed by atoms with E-state index in [4.69, 9.17) is 4.74 Å². The van der Waals surface area contributed by atoms with Gasteiger partial charge in [0, 0.05) is 11.8 Å². The van der Waals surface area contributed by atoms with Crippen LogP contribution in [-0.4, -0.2) is 9.97 Å². The number of aromatic nitrogens is 2. The molecule has 3 heteroatoms. The second-order valence-electron chi connectivity index (χ2n) is 4.62. The average Bonchev–Trinajstić information content (AvgIpc) is 3.03. The van der Waals surface area contributed by atoms with Crippen molar-refractivity contribution in [3.63, 3.8) is 0 Å². The summed E-state index contributed by atoms with van der Waals surface area (Å²) in [6.45, 7) is 2.05. The molecule has 1 N–H and O–H groups in total. The fourth-order valence-corrected chi connectivity index (χ4v) is 2.17. The van der Waals surface area contributed by atoms with Crippen molar-refractivity contribution in [2.75, 3.05) is 0 Å². The molecule has 0 amide bonds. The van der Waals surface area contributed by atoms with Crippen molar-refractivity contribution in [1.29, 1.82) is 0 Å². The first-order valence-corrected chi connectivity index (χ1v) is 6.64. The summed E-state index contributed by atoms with van der Waals surface area (Å²) in [7, 11) is 0. The van der Waals surface area contributed by atoms with Crippen LogP contribution in [0.3, 0.4) is 0 Å². The van der Waals surface area contributed by atoms with E-state index >= 15 is 0 Å². The molecule has 0 saturated carbocycles. The lowest BCUT2D eigenvalue weighted by Crippen LogP contribution is -2.03. The SMILES string of the molecule is CC(Oc1ccccc1-c1c[nH]cn1)c1ccccc1. The summed E-state index contributed by atoms with van der Waals surface area (Å²) in [5.74, 6) is 0.843. The van der Waals surface area contributed by atoms with E-state index in [1.165, 1.54) is 0 Å². The number of benzene rings is 2. The molecule has 3 rings (SSSR count). The van der Waals surface area contributed by atoms with Crippen LogP contribution in [0.15, 0.2) is 67.1 Å². The molecule has 0 radical (unpaired) electrons. The molecule has 0 aliphatic heterocycles. The second-order valence-corrected chi connectivity index (χ2v) is 4.62. The molecule has 1 atom stereocenters. The summed E-state index contributed by atoms with van der Waals surface area (Å²) in [6.07, 6.45) is 3.54. The zero-order valence-electron chi connectivity index (χ0n) is 11.3. The molecule has 1 heterocycles. The number of hydrogen-bond donors (Lipinski definition) is 1. The first-order valence-electron chi connectivity index (χ1n) is 6.64. The Morgan fingerprint density at radius 1 is 1.00 bits per heavy atom. The lowest BCUT2D eigenvalue weighted by atomic mass is 10.1. The van der Waals surface area contributed by atoms with Crippen molar-refractivity contribution < 1.29 is 4.74 Å². The van der Waals surface area contributed by atoms with Crippen LogP contribution in [0.4, 0.5) is 0 Å². The average molecular weight is 264 g/mol. The molecule has 0 fully saturated rings. The fraction of sp³-hybridized carbons (Fsp3) is 0.118. The highest BCUT2D eigenvalue weighted by Crippen LogP contribution is 2.31. The quantitative estimate of drug-likeness (QED) is 0.766. The Labute approximate surface area is 118 Å². The zero-order valence-corrected chi connectivity index (χ0v) is 11.3. The van der Waals surface area contributed by atoms with Crippen LogP contribution in [0.5, 0.6) is 5.75 Å². The molecule has 3 nitrogen and oxygen atoms in total. The van der Waals surface area contributed by atoms with Crippen molar-refractivity contribution >= 4 is 0 Å². The number of nitrogens with zero attached hydrogens (tertiary/aromatic N) is 1. The summed E-state index contributed by atoms with van der Waals surface area (Å²) in [5.41, 5.74) is 3.04. The predicted octanol–water partition coefficient (Wildman–Crippen LogP) is 4.22. The van der Waals surface area contributed by atoms with E-state index in [2.05, 4.69) is 29.0 Å². The largest absolute Gasteiger partial charge is 0.485 e. The standard InChI is InChI=1S/C17H16N2O/c1-13(14-7-3-2-4-8-14)20-17-10-6-5-9-15(17)16-11-18-12-19-16/h2-13H,1H3,(H,18,19). The smallest absolute Gasteiger partial charge is 0.129 e. The fourth-order valence-electron chi connectivity index (χ4n) is 2.17. The van der Waals surface area contributed by atoms with Gasteiger partial charge in [-0.3, -0.25) is 0 Å². The van der Waals surface area contributed by atoms with E-state index < -0.39 is 0 Å². The molecular formula is C17H16N2O. The van der Waals surface area contributed by atoms with Gasteiger partial charge in [-0.25, -0.2) is 4.98 Å². The minimum atomic E-state index is -0.00343. The molecule has 3 aromatic rings. The number of aromatic amines is 1. The Bertz CT molecular complexity index is 662. The predicted molar refractivity (Wildman–Crippen MR) is 79.5 cm³/mol. The van der Waals surface area contributed by atoms with E-state index in [-0.39, 0.29) is 6.10 Å². The minimum Gasteiger partial charge on any atom is -0.485 e. The lowest BCUT2D eigenvalue weighted by molar-refractivity contribution is 0.228. The highest BCUT2D eigenvalue weighted by atomic mass is 16.5. The molecule has 0 spiro atoms. The first-order chi connectivity index (χ1) is 9.84. The second kappa shape index (κ2) is 5.61. The molecule has 0 saturated heterocycles. The molecule has 0 aliphatic rings. The van der Waals surface area contributed by atoms with Crippen LogP contribution in [0.25, 0.3) is 11.3 Å². The topological polar surface area (TPSA) is 37.9 Å². The van der Waals surface area contributed by atoms with Crippen molar-refractivity contribution in [1.82, 2.24) is 9.97 Å². The zero-order chi connectivity index (χ0) is 13.8. The number of rotatable bonds is 4. The van der Waals surface area contributed by atoms with Crippen molar-refractivity contribution in [2.24, 2.45) is 0 Å². The molecular weight excluding hydrogens is 248 g/mol. The first kappa shape index (κ1) is 12.5. The van der Waals surface area contributed by atoms with Gasteiger partial charge < -0.3 is 9.72 Å². The highest BCUT2D eigenvalue weighted by molar-refractivity contribution is 5.66. The van der Waals surface area contributed by atoms with Crippen molar-refractivity contribution in [3.05, 3.63) is 72.7 Å². The Hall–Kier alpha value is -2.55. The lowest BCUT2D eigenvalue weighted by Gasteiger charge is -2.17. The van der Waals surface area contributed by atoms with E-state index in [1.807, 2.05) is 48.7 Å². The van der Waals surface area contributed by atoms with Gasteiger partial charge in [-0.1, -0.05) is 42.5 Å². The van der Waals surface area contributed by atoms with Crippen LogP contribution in [0.2, 0.25) is 0 Å². The Morgan fingerprint density at radius 2 is 1.75 bits per heavy atom. The van der Waals surface area contributed by atoms with Gasteiger partial charge >= 0.3 is 0 Å². The van der Waals surface area contributed by atoms with Crippen molar-refractivity contribution in [3.8, 4) is 17.0 Å². The van der Waals surface area contributed by atoms with E-state index in [1.54, 1.807) is 6.33 Å². The van der Waals surface area contributed by atoms with Crippen LogP contribution in [0, 0.1) is 0 Å². The Morgan fingerprint density at radius 3 is 2.50 bits per heavy atom. The molecule has 0 bridgehead atoms. The number of nitrogens with one attached hydrogen (secondary N) is 1. The monoisotopic (exact) mass is 264 g/mol. The third-order valence-corrected chi connectivity index (χ3v) is 3.23. The minimum absolute atomic E-state index is 0.00343. The third-order valence-electron chi connectivity index (χ3n) is 3.23. The van der Waals surface area contributed by atoms with Crippen LogP contribution in [0.1, 0.15) is 18.6 Å². The van der Waals surface area contributed by atoms with Gasteiger partial charge in [0.1, 0.15) is 11.9 Å². The van der Waals surface area contributed by atoms with E-state index in [9.17, 15) is 0 Å². The summed E-state index contributed by atoms with van der Waals surface area (Å²) in [5, 5.41) is 0. The van der Waals surface area contributed by atoms with Gasteiger partial charge in [-0.05, 0) is 24.6 Å². The summed E-state index contributed by atoms with van der Waals surface area (Å²) in [4.78, 5) is 7.27. The molecule has 2 aromatic carbocycles. The van der Waals surface area contributed by atoms with Gasteiger partial charge in [0.15, 0.2) is 0 Å². The van der Waals surface area contributed by atoms with Gasteiger partial charge in [0.25, 0.3) is 0 Å². The maximum atomic E-state index is 6.10. The van der Waals surface area contributed by atoms with Gasteiger partial charge in [-0.2, -0.15) is 0 Å². The normalized spacial score (nSPS) is 12.1. The summed E-state index contributed by atoms with van der Waals surface area (Å²) in [6, 6.07) is 18.2. The van der Waals surface area contributed by atoms with Crippen LogP contribution < -0.4 is 4.74 Å². The highest BCUT2D eigenvalue weighted by Gasteiger charge is 2.11. The van der Waals surface area contributed by atoms with Crippen LogP contribution in [-0.2, 0) is 0 Å². The van der Waals surface area contributed by atoms with Gasteiger partial charge in [0.05, 0.1) is 12.0 Å². The van der Waals surface area contributed by atoms with Crippen molar-refractivity contribution in [2.45, 2.75) is 13.0 Å². The Kier molecular flexibility index (Phi) is 3.50. The van der Waals surface area contributed by atoms with E-state index in [0.29, 0.717) is 0 Å². The number of ether oxygens (including phenoxy) is 1. The van der Waals surface area contributed by atoms with E-state index in [0.717, 1.165) is 22.6 Å². The maximum Gasteiger partial charge on any atom is 0.129 e. The summed E-state index contributed by atoms with van der Waals surface area (Å²) >= 11 is 0. The molecule has 1 aromatic heterocycles. The molecule has 100 valence electrons. The summed E-state index contributed by atoms with van der Waals surface area (Å²) < 4.78 is 6.10. The number of para-hydroxylation sites is 1. The van der Waals surface area contributed by atoms with Gasteiger partial charge in [-0.15, -0.1) is 0 Å². The number of H-pyrrole nitrogens is 1. The molecule has 20 heavy (non-hydrogen) atoms. The molecule has 0 aliphatic carbocycles. The van der Waals surface area contributed by atoms with Crippen LogP contribution >= 0.6 is 0 Å². The molecule has 1 unspecified atom stereocenters. The third kappa shape index (κ3) is 2.57. The number of imidazole rings is 1. The van der Waals surface area contributed by atoms with Gasteiger partial charge in [0.2, 0.25) is 0 Å². The Balaban J connectivity index is 1.88. The number of hydrogen-bond acceptors (Lipinski definition) is 2.